The molecule has 2 aromatic rings. The molecular formula is C35H56N2O. The normalized spacial score (nSPS) is 11.4. The molecule has 0 aliphatic carbocycles. The monoisotopic (exact) mass is 520 g/mol. The van der Waals surface area contributed by atoms with Crippen molar-refractivity contribution in [1.82, 2.24) is 0 Å². The Morgan fingerprint density at radius 1 is 0.447 bits per heavy atom. The fraction of sp³-hybridized carbons (Fsp3) is 0.657. The van der Waals surface area contributed by atoms with Crippen LogP contribution in [0.4, 0.5) is 11.4 Å². The summed E-state index contributed by atoms with van der Waals surface area (Å²) in [6.07, 6.45) is 27.2. The zero-order valence-corrected chi connectivity index (χ0v) is 24.8. The number of ether oxygens (including phenoxy) is 1. The van der Waals surface area contributed by atoms with E-state index in [1.54, 1.807) is 0 Å². The Morgan fingerprint density at radius 3 is 1.32 bits per heavy atom. The average Bonchev–Trinajstić information content (AvgIpc) is 2.95. The molecule has 212 valence electrons. The zero-order valence-electron chi connectivity index (χ0n) is 24.8. The maximum Gasteiger partial charge on any atom is 0.119 e. The molecule has 3 nitrogen and oxygen atoms in total. The van der Waals surface area contributed by atoms with E-state index in [0.29, 0.717) is 0 Å². The van der Waals surface area contributed by atoms with Crippen molar-refractivity contribution < 1.29 is 4.74 Å². The summed E-state index contributed by atoms with van der Waals surface area (Å²) >= 11 is 0. The minimum absolute atomic E-state index is 0.796. The van der Waals surface area contributed by atoms with Gasteiger partial charge in [0.1, 0.15) is 5.75 Å². The van der Waals surface area contributed by atoms with Crippen molar-refractivity contribution in [2.24, 2.45) is 10.2 Å². The molecule has 0 heterocycles. The molecule has 0 spiro atoms. The van der Waals surface area contributed by atoms with Crippen LogP contribution in [0, 0.1) is 0 Å². The van der Waals surface area contributed by atoms with Gasteiger partial charge >= 0.3 is 0 Å². The molecule has 0 bridgehead atoms. The highest BCUT2D eigenvalue weighted by atomic mass is 16.5. The largest absolute Gasteiger partial charge is 0.494 e. The maximum absolute atomic E-state index is 5.92. The summed E-state index contributed by atoms with van der Waals surface area (Å²) in [7, 11) is 0. The highest BCUT2D eigenvalue weighted by molar-refractivity contribution is 5.43. The lowest BCUT2D eigenvalue weighted by molar-refractivity contribution is 0.304. The van der Waals surface area contributed by atoms with Crippen molar-refractivity contribution in [3.63, 3.8) is 0 Å². The Bertz CT molecular complexity index is 813. The molecule has 0 radical (unpaired) electrons. The van der Waals surface area contributed by atoms with Gasteiger partial charge in [0, 0.05) is 0 Å². The van der Waals surface area contributed by atoms with Crippen LogP contribution in [-0.4, -0.2) is 6.61 Å². The van der Waals surface area contributed by atoms with E-state index < -0.39 is 0 Å². The third-order valence-electron chi connectivity index (χ3n) is 7.39. The Labute approximate surface area is 234 Å². The highest BCUT2D eigenvalue weighted by Gasteiger charge is 1.98. The Morgan fingerprint density at radius 2 is 0.842 bits per heavy atom. The molecule has 3 heteroatoms. The standard InChI is InChI=1S/C35H56N2O/c1-3-5-7-8-9-10-11-12-13-14-15-16-17-18-19-21-31-38-35-29-27-34(28-30-35)37-36-33-25-23-32(24-26-33)22-20-6-4-2/h23-30H,3-22,31H2,1-2H3. The van der Waals surface area contributed by atoms with Gasteiger partial charge in [-0.25, -0.2) is 0 Å². The lowest BCUT2D eigenvalue weighted by Crippen LogP contribution is -1.96. The van der Waals surface area contributed by atoms with Gasteiger partial charge in [-0.2, -0.15) is 10.2 Å². The van der Waals surface area contributed by atoms with E-state index in [9.17, 15) is 0 Å². The third kappa shape index (κ3) is 16.6. The number of hydrogen-bond acceptors (Lipinski definition) is 3. The number of rotatable bonds is 24. The number of benzene rings is 2. The second-order valence-electron chi connectivity index (χ2n) is 11.0. The summed E-state index contributed by atoms with van der Waals surface area (Å²) in [5.74, 6) is 0.918. The van der Waals surface area contributed by atoms with Crippen molar-refractivity contribution in [3.05, 3.63) is 54.1 Å². The van der Waals surface area contributed by atoms with Crippen LogP contribution in [0.1, 0.15) is 141 Å². The van der Waals surface area contributed by atoms with Crippen molar-refractivity contribution in [1.29, 1.82) is 0 Å². The lowest BCUT2D eigenvalue weighted by atomic mass is 10.0. The minimum atomic E-state index is 0.796. The van der Waals surface area contributed by atoms with Crippen LogP contribution in [0.15, 0.2) is 58.8 Å². The van der Waals surface area contributed by atoms with E-state index in [-0.39, 0.29) is 0 Å². The molecular weight excluding hydrogens is 464 g/mol. The van der Waals surface area contributed by atoms with Crippen molar-refractivity contribution in [3.8, 4) is 5.75 Å². The van der Waals surface area contributed by atoms with Crippen molar-refractivity contribution in [2.45, 2.75) is 142 Å². The van der Waals surface area contributed by atoms with Gasteiger partial charge in [-0.3, -0.25) is 0 Å². The molecule has 0 atom stereocenters. The molecule has 0 N–H and O–H groups in total. The molecule has 38 heavy (non-hydrogen) atoms. The van der Waals surface area contributed by atoms with E-state index >= 15 is 0 Å². The molecule has 2 aromatic carbocycles. The number of azo groups is 1. The Hall–Kier alpha value is -2.16. The zero-order chi connectivity index (χ0) is 26.9. The summed E-state index contributed by atoms with van der Waals surface area (Å²) in [6, 6.07) is 16.4. The van der Waals surface area contributed by atoms with E-state index in [2.05, 4.69) is 48.3 Å². The quantitative estimate of drug-likeness (QED) is 0.100. The van der Waals surface area contributed by atoms with Gasteiger partial charge in [-0.1, -0.05) is 135 Å². The topological polar surface area (TPSA) is 34.0 Å². The molecule has 0 amide bonds. The highest BCUT2D eigenvalue weighted by Crippen LogP contribution is 2.22. The van der Waals surface area contributed by atoms with Gasteiger partial charge in [-0.05, 0) is 61.2 Å². The summed E-state index contributed by atoms with van der Waals surface area (Å²) in [5.41, 5.74) is 3.13. The van der Waals surface area contributed by atoms with Crippen molar-refractivity contribution >= 4 is 11.4 Å². The fourth-order valence-corrected chi connectivity index (χ4v) is 4.87. The number of unbranched alkanes of at least 4 members (excludes halogenated alkanes) is 17. The Balaban J connectivity index is 1.43. The van der Waals surface area contributed by atoms with E-state index in [1.165, 1.54) is 121 Å². The van der Waals surface area contributed by atoms with Gasteiger partial charge < -0.3 is 4.74 Å². The molecule has 0 aliphatic rings. The molecule has 2 rings (SSSR count). The Kier molecular flexibility index (Phi) is 19.2. The summed E-state index contributed by atoms with van der Waals surface area (Å²) < 4.78 is 5.92. The van der Waals surface area contributed by atoms with Gasteiger partial charge in [0.15, 0.2) is 0 Å². The first kappa shape index (κ1) is 32.1. The van der Waals surface area contributed by atoms with Crippen LogP contribution in [0.25, 0.3) is 0 Å². The first-order valence-corrected chi connectivity index (χ1v) is 16.1. The SMILES string of the molecule is CCCCCCCCCCCCCCCCCCOc1ccc(N=Nc2ccc(CCCCC)cc2)cc1. The second-order valence-corrected chi connectivity index (χ2v) is 11.0. The number of nitrogens with zero attached hydrogens (tertiary/aromatic N) is 2. The smallest absolute Gasteiger partial charge is 0.119 e. The second kappa shape index (κ2) is 22.8. The average molecular weight is 521 g/mol. The van der Waals surface area contributed by atoms with Gasteiger partial charge in [0.25, 0.3) is 0 Å². The molecule has 0 aromatic heterocycles. The maximum atomic E-state index is 5.92. The lowest BCUT2D eigenvalue weighted by Gasteiger charge is -2.06. The molecule has 0 aliphatic heterocycles. The van der Waals surface area contributed by atoms with Crippen molar-refractivity contribution in [2.75, 3.05) is 6.61 Å². The molecule has 0 unspecified atom stereocenters. The van der Waals surface area contributed by atoms with Crippen LogP contribution >= 0.6 is 0 Å². The first-order valence-electron chi connectivity index (χ1n) is 16.1. The third-order valence-corrected chi connectivity index (χ3v) is 7.39. The molecule has 0 fully saturated rings. The van der Waals surface area contributed by atoms with E-state index in [0.717, 1.165) is 36.6 Å². The van der Waals surface area contributed by atoms with Crippen LogP contribution in [0.2, 0.25) is 0 Å². The number of aryl methyl sites for hydroxylation is 1. The number of hydrogen-bond donors (Lipinski definition) is 0. The van der Waals surface area contributed by atoms with Gasteiger partial charge in [-0.15, -0.1) is 0 Å². The molecule has 0 saturated heterocycles. The predicted octanol–water partition coefficient (Wildman–Crippen LogP) is 12.5. The minimum Gasteiger partial charge on any atom is -0.494 e. The predicted molar refractivity (Wildman–Crippen MR) is 165 cm³/mol. The van der Waals surface area contributed by atoms with Gasteiger partial charge in [0.2, 0.25) is 0 Å². The first-order chi connectivity index (χ1) is 18.8. The summed E-state index contributed by atoms with van der Waals surface area (Å²) in [5, 5.41) is 8.75. The van der Waals surface area contributed by atoms with Crippen LogP contribution < -0.4 is 4.74 Å². The van der Waals surface area contributed by atoms with E-state index in [1.807, 2.05) is 24.3 Å². The summed E-state index contributed by atoms with van der Waals surface area (Å²) in [4.78, 5) is 0. The van der Waals surface area contributed by atoms with Gasteiger partial charge in [0.05, 0.1) is 18.0 Å². The van der Waals surface area contributed by atoms with Crippen LogP contribution in [0.5, 0.6) is 5.75 Å². The fourth-order valence-electron chi connectivity index (χ4n) is 4.87. The summed E-state index contributed by atoms with van der Waals surface area (Å²) in [6.45, 7) is 5.33. The van der Waals surface area contributed by atoms with Crippen LogP contribution in [0.3, 0.4) is 0 Å². The van der Waals surface area contributed by atoms with E-state index in [4.69, 9.17) is 4.74 Å². The molecule has 0 saturated carbocycles. The van der Waals surface area contributed by atoms with Crippen LogP contribution in [-0.2, 0) is 6.42 Å².